The molecule has 1 aliphatic carbocycles. The van der Waals surface area contributed by atoms with Crippen LogP contribution in [0.3, 0.4) is 0 Å². The lowest BCUT2D eigenvalue weighted by molar-refractivity contribution is -0.147. The molecule has 0 atom stereocenters. The molecule has 0 amide bonds. The van der Waals surface area contributed by atoms with E-state index in [-0.39, 0.29) is 29.9 Å². The fraction of sp³-hybridized carbons (Fsp3) is 0.571. The lowest BCUT2D eigenvalue weighted by Crippen LogP contribution is -2.41. The number of ether oxygens (including phenoxy) is 1. The Hall–Kier alpha value is -2.84. The van der Waals surface area contributed by atoms with Crippen LogP contribution in [0.5, 0.6) is 0 Å². The number of thiazole rings is 1. The van der Waals surface area contributed by atoms with Crippen molar-refractivity contribution in [1.29, 1.82) is 0 Å². The van der Waals surface area contributed by atoms with Crippen molar-refractivity contribution in [2.45, 2.75) is 102 Å². The van der Waals surface area contributed by atoms with Gasteiger partial charge in [0.2, 0.25) is 15.9 Å². The average Bonchev–Trinajstić information content (AvgIpc) is 3.49. The molecule has 3 aromatic rings. The number of benzene rings is 1. The highest BCUT2D eigenvalue weighted by molar-refractivity contribution is 7.89. The van der Waals surface area contributed by atoms with E-state index < -0.39 is 38.2 Å². The van der Waals surface area contributed by atoms with Crippen LogP contribution >= 0.6 is 11.3 Å². The number of esters is 1. The van der Waals surface area contributed by atoms with E-state index >= 15 is 0 Å². The molecule has 0 saturated heterocycles. The van der Waals surface area contributed by atoms with Gasteiger partial charge in [0.05, 0.1) is 27.1 Å². The Kier molecular flexibility index (Phi) is 9.48. The normalized spacial score (nSPS) is 15.4. The number of hydrogen-bond donors (Lipinski definition) is 1. The number of nitrogens with one attached hydrogen (secondary N) is 1. The van der Waals surface area contributed by atoms with Gasteiger partial charge in [-0.05, 0) is 64.7 Å². The number of hydrogen-bond acceptors (Lipinski definition) is 9. The van der Waals surface area contributed by atoms with Crippen molar-refractivity contribution in [3.05, 3.63) is 35.3 Å². The molecule has 0 spiro atoms. The third-order valence-corrected chi connectivity index (χ3v) is 9.44. The second kappa shape index (κ2) is 12.4. The van der Waals surface area contributed by atoms with Crippen LogP contribution in [0.2, 0.25) is 0 Å². The van der Waals surface area contributed by atoms with Gasteiger partial charge in [-0.25, -0.2) is 18.1 Å². The summed E-state index contributed by atoms with van der Waals surface area (Å²) in [6.07, 6.45) is 0.327. The third-order valence-electron chi connectivity index (χ3n) is 6.49. The maximum atomic E-state index is 14.3. The predicted octanol–water partition coefficient (Wildman–Crippen LogP) is 6.57. The summed E-state index contributed by atoms with van der Waals surface area (Å²) in [4.78, 5) is 16.3. The van der Waals surface area contributed by atoms with Gasteiger partial charge < -0.3 is 9.15 Å². The van der Waals surface area contributed by atoms with Gasteiger partial charge in [0.15, 0.2) is 5.01 Å². The van der Waals surface area contributed by atoms with Crippen LogP contribution in [0.25, 0.3) is 21.3 Å². The highest BCUT2D eigenvalue weighted by Crippen LogP contribution is 2.42. The minimum atomic E-state index is -4.93. The van der Waals surface area contributed by atoms with Gasteiger partial charge in [-0.2, -0.15) is 13.2 Å². The maximum Gasteiger partial charge on any atom is 0.417 e. The van der Waals surface area contributed by atoms with Gasteiger partial charge in [-0.3, -0.25) is 4.79 Å². The van der Waals surface area contributed by atoms with Gasteiger partial charge in [-0.1, -0.05) is 38.2 Å². The van der Waals surface area contributed by atoms with Gasteiger partial charge in [0.25, 0.3) is 5.89 Å². The molecule has 1 aliphatic rings. The van der Waals surface area contributed by atoms with Crippen LogP contribution < -0.4 is 4.72 Å². The summed E-state index contributed by atoms with van der Waals surface area (Å²) in [5.41, 5.74) is -1.47. The van der Waals surface area contributed by atoms with E-state index in [0.29, 0.717) is 27.9 Å². The molecule has 42 heavy (non-hydrogen) atoms. The molecule has 0 unspecified atom stereocenters. The van der Waals surface area contributed by atoms with E-state index in [2.05, 4.69) is 14.9 Å². The molecular weight excluding hydrogens is 593 g/mol. The summed E-state index contributed by atoms with van der Waals surface area (Å²) in [7, 11) is -4.47. The molecule has 230 valence electrons. The van der Waals surface area contributed by atoms with E-state index in [1.165, 1.54) is 6.07 Å². The molecule has 1 saturated carbocycles. The van der Waals surface area contributed by atoms with E-state index in [1.807, 2.05) is 0 Å². The summed E-state index contributed by atoms with van der Waals surface area (Å²) in [5.74, 6) is -0.155. The maximum absolute atomic E-state index is 14.3. The Balaban J connectivity index is 1.76. The van der Waals surface area contributed by atoms with E-state index in [0.717, 1.165) is 55.6 Å². The van der Waals surface area contributed by atoms with Crippen LogP contribution in [0, 0.1) is 5.92 Å². The number of carbonyl (C=O) groups excluding carboxylic acids is 1. The van der Waals surface area contributed by atoms with Crippen molar-refractivity contribution in [2.75, 3.05) is 0 Å². The standard InChI is InChI=1S/C28H35F3N4O5S2/c1-16(2)39-23(36)15-22-33-34-25(40-22)26-32-20(13-17-9-7-6-8-10-17)24(41-26)18-11-12-21(19(14-18)28(29,30)31)42(37,38)35-27(3,4)5/h11-12,14,16-17,35H,6-10,13,15H2,1-5H3. The lowest BCUT2D eigenvalue weighted by atomic mass is 9.85. The predicted molar refractivity (Wildman–Crippen MR) is 151 cm³/mol. The molecule has 2 heterocycles. The lowest BCUT2D eigenvalue weighted by Gasteiger charge is -2.23. The first-order chi connectivity index (χ1) is 19.5. The smallest absolute Gasteiger partial charge is 0.417 e. The van der Waals surface area contributed by atoms with Gasteiger partial charge in [0.1, 0.15) is 6.42 Å². The van der Waals surface area contributed by atoms with Crippen LogP contribution in [0.15, 0.2) is 27.5 Å². The molecule has 1 N–H and O–H groups in total. The Morgan fingerprint density at radius 3 is 2.45 bits per heavy atom. The topological polar surface area (TPSA) is 124 Å². The molecule has 0 bridgehead atoms. The molecule has 1 aromatic carbocycles. The van der Waals surface area contributed by atoms with E-state index in [4.69, 9.17) is 14.1 Å². The van der Waals surface area contributed by atoms with Crippen molar-refractivity contribution in [1.82, 2.24) is 19.9 Å². The molecule has 2 aromatic heterocycles. The monoisotopic (exact) mass is 628 g/mol. The second-order valence-corrected chi connectivity index (χ2v) is 14.4. The zero-order valence-electron chi connectivity index (χ0n) is 24.2. The summed E-state index contributed by atoms with van der Waals surface area (Å²) < 4.78 is 81.7. The highest BCUT2D eigenvalue weighted by Gasteiger charge is 2.39. The number of alkyl halides is 3. The van der Waals surface area contributed by atoms with Crippen molar-refractivity contribution < 1.29 is 35.5 Å². The van der Waals surface area contributed by atoms with Gasteiger partial charge in [0, 0.05) is 5.54 Å². The molecule has 9 nitrogen and oxygen atoms in total. The molecule has 1 fully saturated rings. The summed E-state index contributed by atoms with van der Waals surface area (Å²) in [5, 5.41) is 8.21. The first-order valence-corrected chi connectivity index (χ1v) is 16.1. The number of aromatic nitrogens is 3. The van der Waals surface area contributed by atoms with Gasteiger partial charge >= 0.3 is 12.1 Å². The minimum Gasteiger partial charge on any atom is -0.463 e. The van der Waals surface area contributed by atoms with Crippen LogP contribution in [-0.4, -0.2) is 41.2 Å². The van der Waals surface area contributed by atoms with Crippen LogP contribution in [-0.2, 0) is 38.6 Å². The number of halogens is 3. The molecule has 0 aliphatic heterocycles. The van der Waals surface area contributed by atoms with Crippen LogP contribution in [0.4, 0.5) is 13.2 Å². The van der Waals surface area contributed by atoms with Crippen molar-refractivity contribution in [2.24, 2.45) is 5.92 Å². The number of nitrogens with zero attached hydrogens (tertiary/aromatic N) is 3. The molecule has 14 heteroatoms. The Bertz CT molecular complexity index is 1520. The summed E-state index contributed by atoms with van der Waals surface area (Å²) in [6, 6.07) is 3.22. The number of rotatable bonds is 9. The molecule has 4 rings (SSSR count). The minimum absolute atomic E-state index is 0.0292. The Morgan fingerprint density at radius 1 is 1.14 bits per heavy atom. The van der Waals surface area contributed by atoms with Crippen molar-refractivity contribution >= 4 is 27.3 Å². The zero-order valence-corrected chi connectivity index (χ0v) is 25.8. The molecular formula is C28H35F3N4O5S2. The SMILES string of the molecule is CC(C)OC(=O)Cc1nnc(-c2nc(CC3CCCCC3)c(-c3ccc(S(=O)(=O)NC(C)(C)C)c(C(F)(F)F)c3)s2)o1. The van der Waals surface area contributed by atoms with E-state index in [1.54, 1.807) is 34.6 Å². The largest absolute Gasteiger partial charge is 0.463 e. The fourth-order valence-corrected chi connectivity index (χ4v) is 7.53. The van der Waals surface area contributed by atoms with Gasteiger partial charge in [-0.15, -0.1) is 21.5 Å². The van der Waals surface area contributed by atoms with Crippen LogP contribution in [0.1, 0.15) is 83.9 Å². The first-order valence-electron chi connectivity index (χ1n) is 13.8. The molecule has 0 radical (unpaired) electrons. The second-order valence-electron chi connectivity index (χ2n) is 11.8. The number of sulfonamides is 1. The first kappa shape index (κ1) is 32.1. The zero-order chi connectivity index (χ0) is 30.9. The number of carbonyl (C=O) groups is 1. The fourth-order valence-electron chi connectivity index (χ4n) is 4.90. The average molecular weight is 629 g/mol. The summed E-state index contributed by atoms with van der Waals surface area (Å²) >= 11 is 1.08. The Morgan fingerprint density at radius 2 is 1.83 bits per heavy atom. The Labute approximate surface area is 247 Å². The highest BCUT2D eigenvalue weighted by atomic mass is 32.2. The van der Waals surface area contributed by atoms with Crippen molar-refractivity contribution in [3.63, 3.8) is 0 Å². The van der Waals surface area contributed by atoms with Crippen molar-refractivity contribution in [3.8, 4) is 21.3 Å². The third kappa shape index (κ3) is 8.16. The summed E-state index contributed by atoms with van der Waals surface area (Å²) in [6.45, 7) is 8.10. The van der Waals surface area contributed by atoms with E-state index in [9.17, 15) is 26.4 Å². The quantitative estimate of drug-likeness (QED) is 0.264.